The minimum absolute atomic E-state index is 0.0992. The van der Waals surface area contributed by atoms with Crippen LogP contribution in [-0.2, 0) is 11.3 Å². The van der Waals surface area contributed by atoms with Crippen LogP contribution in [0.2, 0.25) is 0 Å². The summed E-state index contributed by atoms with van der Waals surface area (Å²) in [5.74, 6) is -0.279. The summed E-state index contributed by atoms with van der Waals surface area (Å²) in [6.45, 7) is 1.88. The van der Waals surface area contributed by atoms with Crippen LogP contribution in [0.1, 0.15) is 71.7 Å². The third-order valence-corrected chi connectivity index (χ3v) is 8.64. The Kier molecular flexibility index (Phi) is 7.07. The molecule has 2 aromatic carbocycles. The van der Waals surface area contributed by atoms with E-state index in [2.05, 4.69) is 25.0 Å². The Bertz CT molecular complexity index is 1680. The topological polar surface area (TPSA) is 124 Å². The van der Waals surface area contributed by atoms with Crippen molar-refractivity contribution < 1.29 is 41.5 Å². The van der Waals surface area contributed by atoms with Crippen molar-refractivity contribution in [2.24, 2.45) is 0 Å². The smallest absolute Gasteiger partial charge is 0.478 e. The van der Waals surface area contributed by atoms with Crippen molar-refractivity contribution in [3.63, 3.8) is 0 Å². The number of aromatic carboxylic acids is 1. The first-order chi connectivity index (χ1) is 21.1. The highest BCUT2D eigenvalue weighted by molar-refractivity contribution is 5.90. The summed E-state index contributed by atoms with van der Waals surface area (Å²) in [6.07, 6.45) is 0.161. The quantitative estimate of drug-likeness (QED) is 0.214. The molecule has 3 aliphatic rings. The van der Waals surface area contributed by atoms with Gasteiger partial charge >= 0.3 is 18.3 Å². The Morgan fingerprint density at radius 2 is 1.82 bits per heavy atom. The maximum Gasteiger partial charge on any atom is 0.573 e. The number of aromatic nitrogens is 3. The Morgan fingerprint density at radius 3 is 2.52 bits per heavy atom. The van der Waals surface area contributed by atoms with Crippen LogP contribution < -0.4 is 9.64 Å². The van der Waals surface area contributed by atoms with E-state index < -0.39 is 12.3 Å². The number of alkyl halides is 3. The van der Waals surface area contributed by atoms with Crippen molar-refractivity contribution in [3.8, 4) is 28.5 Å². The monoisotopic (exact) mass is 610 g/mol. The van der Waals surface area contributed by atoms with Crippen LogP contribution >= 0.6 is 0 Å². The first kappa shape index (κ1) is 28.4. The number of fused-ring (bicyclic) bond motifs is 2. The van der Waals surface area contributed by atoms with E-state index in [-0.39, 0.29) is 53.5 Å². The highest BCUT2D eigenvalue weighted by Gasteiger charge is 2.44. The van der Waals surface area contributed by atoms with Gasteiger partial charge in [-0.1, -0.05) is 28.5 Å². The van der Waals surface area contributed by atoms with Crippen LogP contribution in [0.25, 0.3) is 22.7 Å². The Labute approximate surface area is 249 Å². The Morgan fingerprint density at radius 1 is 1.07 bits per heavy atom. The molecule has 7 rings (SSSR count). The second kappa shape index (κ2) is 11.0. The summed E-state index contributed by atoms with van der Waals surface area (Å²) in [5, 5.41) is 22.1. The molecule has 0 spiro atoms. The van der Waals surface area contributed by atoms with Gasteiger partial charge in [-0.15, -0.1) is 18.3 Å². The fraction of sp³-hybridized carbons (Fsp3) is 0.419. The number of ether oxygens (including phenoxy) is 2. The lowest BCUT2D eigenvalue weighted by atomic mass is 9.99. The zero-order valence-corrected chi connectivity index (χ0v) is 23.7. The molecule has 2 aliphatic heterocycles. The van der Waals surface area contributed by atoms with Crippen LogP contribution in [0, 0.1) is 6.92 Å². The summed E-state index contributed by atoms with van der Waals surface area (Å²) in [6, 6.07) is 11.5. The largest absolute Gasteiger partial charge is 0.573 e. The van der Waals surface area contributed by atoms with Gasteiger partial charge in [0.05, 0.1) is 18.3 Å². The molecule has 0 radical (unpaired) electrons. The zero-order chi connectivity index (χ0) is 30.6. The number of halogens is 3. The van der Waals surface area contributed by atoms with E-state index >= 15 is 0 Å². The van der Waals surface area contributed by atoms with Crippen molar-refractivity contribution in [3.05, 3.63) is 64.9 Å². The van der Waals surface area contributed by atoms with Gasteiger partial charge in [-0.3, -0.25) is 0 Å². The van der Waals surface area contributed by atoms with Crippen molar-refractivity contribution in [1.29, 1.82) is 0 Å². The molecule has 0 amide bonds. The average Bonchev–Trinajstić information content (AvgIpc) is 3.44. The predicted octanol–water partition coefficient (Wildman–Crippen LogP) is 6.89. The third kappa shape index (κ3) is 5.51. The predicted molar refractivity (Wildman–Crippen MR) is 149 cm³/mol. The van der Waals surface area contributed by atoms with Crippen LogP contribution in [0.5, 0.6) is 5.75 Å². The van der Waals surface area contributed by atoms with E-state index in [1.54, 1.807) is 25.1 Å². The molecule has 1 N–H and O–H groups in total. The van der Waals surface area contributed by atoms with Gasteiger partial charge in [-0.05, 0) is 75.3 Å². The number of benzene rings is 2. The number of anilines is 1. The van der Waals surface area contributed by atoms with Crippen molar-refractivity contribution >= 4 is 12.0 Å². The number of hydrogen-bond acceptors (Lipinski definition) is 9. The summed E-state index contributed by atoms with van der Waals surface area (Å²) >= 11 is 0. The lowest BCUT2D eigenvalue weighted by molar-refractivity contribution is -0.274. The average molecular weight is 611 g/mol. The molecule has 44 heavy (non-hydrogen) atoms. The molecule has 2 aromatic heterocycles. The standard InChI is InChI=1S/C31H29F3N4O6/c1-16-6-7-18(12-23(16)29(39)40)28-35-36-30(42-28)38-19-10-11-20(38)14-21(13-19)41-15-24-26(37-44-27(24)17-8-9-17)22-4-2-3-5-25(22)43-31(32,33)34/h2-7,12,17,19-21H,8-11,13-15H2,1H3,(H,39,40)/t19-,20+,21?. The van der Waals surface area contributed by atoms with Crippen molar-refractivity contribution in [2.45, 2.75) is 82.5 Å². The molecule has 3 fully saturated rings. The van der Waals surface area contributed by atoms with Crippen LogP contribution in [-0.4, -0.2) is 51.0 Å². The van der Waals surface area contributed by atoms with E-state index in [1.165, 1.54) is 24.3 Å². The number of aryl methyl sites for hydroxylation is 1. The molecular formula is C31H29F3N4O6. The first-order valence-corrected chi connectivity index (χ1v) is 14.6. The highest BCUT2D eigenvalue weighted by atomic mass is 19.4. The molecule has 4 aromatic rings. The molecule has 2 bridgehead atoms. The highest BCUT2D eigenvalue weighted by Crippen LogP contribution is 2.46. The molecule has 4 heterocycles. The molecule has 1 unspecified atom stereocenters. The summed E-state index contributed by atoms with van der Waals surface area (Å²) in [4.78, 5) is 13.7. The van der Waals surface area contributed by atoms with Crippen molar-refractivity contribution in [2.75, 3.05) is 4.90 Å². The number of hydrogen-bond donors (Lipinski definition) is 1. The maximum atomic E-state index is 13.1. The van der Waals surface area contributed by atoms with Gasteiger partial charge in [0.1, 0.15) is 17.2 Å². The number of para-hydroxylation sites is 1. The molecular weight excluding hydrogens is 581 g/mol. The molecule has 3 atom stereocenters. The van der Waals surface area contributed by atoms with E-state index in [0.717, 1.165) is 25.7 Å². The Hall–Kier alpha value is -4.39. The van der Waals surface area contributed by atoms with E-state index in [9.17, 15) is 23.1 Å². The lowest BCUT2D eigenvalue weighted by Crippen LogP contribution is -2.45. The van der Waals surface area contributed by atoms with Gasteiger partial charge in [-0.25, -0.2) is 4.79 Å². The SMILES string of the molecule is Cc1ccc(-c2nnc(N3[C@@H]4CC[C@H]3CC(OCc3c(-c5ccccc5OC(F)(F)F)noc3C3CC3)C4)o2)cc1C(=O)O. The summed E-state index contributed by atoms with van der Waals surface area (Å²) < 4.78 is 61.8. The normalized spacial score (nSPS) is 21.5. The molecule has 2 saturated heterocycles. The van der Waals surface area contributed by atoms with Crippen LogP contribution in [0.15, 0.2) is 51.4 Å². The molecule has 1 saturated carbocycles. The van der Waals surface area contributed by atoms with Crippen LogP contribution in [0.3, 0.4) is 0 Å². The summed E-state index contributed by atoms with van der Waals surface area (Å²) in [5.41, 5.74) is 2.51. The molecule has 10 nitrogen and oxygen atoms in total. The maximum absolute atomic E-state index is 13.1. The molecule has 230 valence electrons. The van der Waals surface area contributed by atoms with Gasteiger partial charge in [0.25, 0.3) is 0 Å². The second-order valence-electron chi connectivity index (χ2n) is 11.6. The number of rotatable bonds is 9. The Balaban J connectivity index is 1.07. The fourth-order valence-corrected chi connectivity index (χ4v) is 6.41. The first-order valence-electron chi connectivity index (χ1n) is 14.6. The second-order valence-corrected chi connectivity index (χ2v) is 11.6. The number of carboxylic acid groups (broad SMARTS) is 1. The van der Waals surface area contributed by atoms with Gasteiger partial charge in [-0.2, -0.15) is 0 Å². The molecule has 13 heteroatoms. The van der Waals surface area contributed by atoms with Crippen LogP contribution in [0.4, 0.5) is 19.2 Å². The van der Waals surface area contributed by atoms with Gasteiger partial charge < -0.3 is 28.4 Å². The van der Waals surface area contributed by atoms with E-state index in [4.69, 9.17) is 13.7 Å². The number of nitrogens with zero attached hydrogens (tertiary/aromatic N) is 4. The third-order valence-electron chi connectivity index (χ3n) is 8.64. The zero-order valence-electron chi connectivity index (χ0n) is 23.7. The minimum atomic E-state index is -4.84. The van der Waals surface area contributed by atoms with E-state index in [1.807, 2.05) is 0 Å². The number of piperidine rings is 1. The van der Waals surface area contributed by atoms with Crippen molar-refractivity contribution in [1.82, 2.24) is 15.4 Å². The van der Waals surface area contributed by atoms with Gasteiger partial charge in [0.15, 0.2) is 0 Å². The van der Waals surface area contributed by atoms with E-state index in [0.29, 0.717) is 47.0 Å². The fourth-order valence-electron chi connectivity index (χ4n) is 6.41. The van der Waals surface area contributed by atoms with Gasteiger partial charge in [0, 0.05) is 34.7 Å². The minimum Gasteiger partial charge on any atom is -0.478 e. The number of carbonyl (C=O) groups is 1. The molecule has 1 aliphatic carbocycles. The summed E-state index contributed by atoms with van der Waals surface area (Å²) in [7, 11) is 0. The number of carboxylic acids is 1. The lowest BCUT2D eigenvalue weighted by Gasteiger charge is -2.37. The van der Waals surface area contributed by atoms with Gasteiger partial charge in [0.2, 0.25) is 5.89 Å².